The number of benzene rings is 1. The van der Waals surface area contributed by atoms with E-state index in [1.165, 1.54) is 11.3 Å². The Bertz CT molecular complexity index is 650. The number of hydrogen-bond donors (Lipinski definition) is 0. The Balaban J connectivity index is 2.70. The molecule has 4 nitrogen and oxygen atoms in total. The van der Waals surface area contributed by atoms with Gasteiger partial charge in [-0.1, -0.05) is 0 Å². The van der Waals surface area contributed by atoms with Crippen LogP contribution in [0.3, 0.4) is 0 Å². The van der Waals surface area contributed by atoms with Crippen molar-refractivity contribution in [1.29, 1.82) is 5.26 Å². The number of methoxy groups -OCH3 is 2. The molecular weight excluding hydrogens is 240 g/mol. The molecule has 2 rings (SSSR count). The third-order valence-corrected chi connectivity index (χ3v) is 3.62. The average molecular weight is 258 g/mol. The van der Waals surface area contributed by atoms with Crippen LogP contribution in [-0.2, 0) is 13.5 Å². The number of hydrogen-bond acceptors (Lipinski definition) is 3. The number of ether oxygens (including phenoxy) is 2. The maximum Gasteiger partial charge on any atom is 0.162 e. The quantitative estimate of drug-likeness (QED) is 0.847. The first-order valence-corrected chi connectivity index (χ1v) is 6.20. The van der Waals surface area contributed by atoms with Crippen LogP contribution < -0.4 is 9.47 Å². The molecule has 1 aromatic carbocycles. The fourth-order valence-electron chi connectivity index (χ4n) is 2.46. The largest absolute Gasteiger partial charge is 0.493 e. The molecule has 0 radical (unpaired) electrons. The molecule has 0 saturated carbocycles. The first-order valence-electron chi connectivity index (χ1n) is 6.20. The minimum Gasteiger partial charge on any atom is -0.493 e. The minimum atomic E-state index is 0.522. The van der Waals surface area contributed by atoms with Gasteiger partial charge >= 0.3 is 0 Å². The van der Waals surface area contributed by atoms with Gasteiger partial charge < -0.3 is 14.0 Å². The molecule has 0 unspecified atom stereocenters. The summed E-state index contributed by atoms with van der Waals surface area (Å²) in [4.78, 5) is 0. The third kappa shape index (κ3) is 2.12. The van der Waals surface area contributed by atoms with Crippen molar-refractivity contribution in [3.63, 3.8) is 0 Å². The predicted octanol–water partition coefficient (Wildman–Crippen LogP) is 2.96. The maximum atomic E-state index is 8.78. The van der Waals surface area contributed by atoms with Crippen LogP contribution in [0, 0.1) is 18.3 Å². The zero-order chi connectivity index (χ0) is 14.0. The van der Waals surface area contributed by atoms with Gasteiger partial charge in [-0.2, -0.15) is 5.26 Å². The first kappa shape index (κ1) is 13.3. The number of aromatic nitrogens is 1. The van der Waals surface area contributed by atoms with E-state index in [1.807, 2.05) is 19.2 Å². The summed E-state index contributed by atoms with van der Waals surface area (Å²) in [7, 11) is 5.30. The summed E-state index contributed by atoms with van der Waals surface area (Å²) in [5.74, 6) is 1.45. The first-order chi connectivity index (χ1) is 9.13. The second-order valence-electron chi connectivity index (χ2n) is 4.51. The summed E-state index contributed by atoms with van der Waals surface area (Å²) in [5, 5.41) is 9.91. The molecule has 0 saturated heterocycles. The fourth-order valence-corrected chi connectivity index (χ4v) is 2.46. The van der Waals surface area contributed by atoms with E-state index in [2.05, 4.69) is 17.6 Å². The van der Waals surface area contributed by atoms with Crippen LogP contribution in [0.2, 0.25) is 0 Å². The van der Waals surface area contributed by atoms with Crippen molar-refractivity contribution < 1.29 is 9.47 Å². The van der Waals surface area contributed by atoms with Gasteiger partial charge in [0, 0.05) is 30.6 Å². The van der Waals surface area contributed by atoms with Gasteiger partial charge in [0.1, 0.15) is 0 Å². The zero-order valence-electron chi connectivity index (χ0n) is 11.8. The minimum absolute atomic E-state index is 0.522. The number of fused-ring (bicyclic) bond motifs is 1. The van der Waals surface area contributed by atoms with Crippen LogP contribution in [0.25, 0.3) is 10.9 Å². The Labute approximate surface area is 113 Å². The Morgan fingerprint density at radius 2 is 1.84 bits per heavy atom. The van der Waals surface area contributed by atoms with E-state index in [4.69, 9.17) is 14.7 Å². The lowest BCUT2D eigenvalue weighted by Gasteiger charge is -2.08. The van der Waals surface area contributed by atoms with Gasteiger partial charge in [-0.15, -0.1) is 0 Å². The highest BCUT2D eigenvalue weighted by Crippen LogP contribution is 2.36. The molecule has 2 aromatic rings. The van der Waals surface area contributed by atoms with Crippen LogP contribution in [0.5, 0.6) is 11.5 Å². The number of rotatable bonds is 4. The van der Waals surface area contributed by atoms with Crippen molar-refractivity contribution in [2.45, 2.75) is 19.8 Å². The molecule has 0 aliphatic heterocycles. The number of aryl methyl sites for hydroxylation is 2. The summed E-state index contributed by atoms with van der Waals surface area (Å²) < 4.78 is 12.8. The third-order valence-electron chi connectivity index (χ3n) is 3.62. The lowest BCUT2D eigenvalue weighted by Crippen LogP contribution is -1.93. The molecule has 0 fully saturated rings. The highest BCUT2D eigenvalue weighted by atomic mass is 16.5. The van der Waals surface area contributed by atoms with Gasteiger partial charge in [-0.05, 0) is 25.0 Å². The molecule has 100 valence electrons. The Hall–Kier alpha value is -2.15. The molecule has 0 atom stereocenters. The topological polar surface area (TPSA) is 47.2 Å². The molecule has 0 amide bonds. The van der Waals surface area contributed by atoms with Crippen LogP contribution in [-0.4, -0.2) is 18.8 Å². The summed E-state index contributed by atoms with van der Waals surface area (Å²) in [6.45, 7) is 2.08. The van der Waals surface area contributed by atoms with E-state index in [1.54, 1.807) is 14.2 Å². The Kier molecular flexibility index (Phi) is 3.66. The van der Waals surface area contributed by atoms with E-state index in [0.717, 1.165) is 28.8 Å². The number of nitriles is 1. The molecule has 0 aliphatic rings. The average Bonchev–Trinajstić information content (AvgIpc) is 2.67. The molecule has 0 spiro atoms. The molecule has 0 N–H and O–H groups in total. The van der Waals surface area contributed by atoms with Crippen LogP contribution >= 0.6 is 0 Å². The smallest absolute Gasteiger partial charge is 0.162 e. The van der Waals surface area contributed by atoms with Gasteiger partial charge in [0.05, 0.1) is 25.8 Å². The second kappa shape index (κ2) is 5.23. The van der Waals surface area contributed by atoms with Gasteiger partial charge in [0.2, 0.25) is 0 Å². The van der Waals surface area contributed by atoms with Gasteiger partial charge in [-0.3, -0.25) is 0 Å². The summed E-state index contributed by atoms with van der Waals surface area (Å²) in [6.07, 6.45) is 1.28. The summed E-state index contributed by atoms with van der Waals surface area (Å²) in [5.41, 5.74) is 3.49. The summed E-state index contributed by atoms with van der Waals surface area (Å²) >= 11 is 0. The normalized spacial score (nSPS) is 10.5. The van der Waals surface area contributed by atoms with E-state index >= 15 is 0 Å². The van der Waals surface area contributed by atoms with Crippen molar-refractivity contribution in [3.05, 3.63) is 23.4 Å². The van der Waals surface area contributed by atoms with Crippen LogP contribution in [0.1, 0.15) is 17.7 Å². The van der Waals surface area contributed by atoms with E-state index in [0.29, 0.717) is 6.42 Å². The molecule has 1 aromatic heterocycles. The Morgan fingerprint density at radius 1 is 1.21 bits per heavy atom. The van der Waals surface area contributed by atoms with Crippen molar-refractivity contribution in [2.75, 3.05) is 14.2 Å². The van der Waals surface area contributed by atoms with Crippen molar-refractivity contribution in [1.82, 2.24) is 4.57 Å². The lowest BCUT2D eigenvalue weighted by molar-refractivity contribution is 0.355. The molecule has 0 bridgehead atoms. The Morgan fingerprint density at radius 3 is 2.42 bits per heavy atom. The SMILES string of the molecule is COc1cc2c(CCC#N)c(C)n(C)c2cc1OC. The molecular formula is C15H18N2O2. The molecule has 0 aliphatic carbocycles. The second-order valence-corrected chi connectivity index (χ2v) is 4.51. The van der Waals surface area contributed by atoms with Gasteiger partial charge in [0.15, 0.2) is 11.5 Å². The highest BCUT2D eigenvalue weighted by Gasteiger charge is 2.15. The maximum absolute atomic E-state index is 8.78. The monoisotopic (exact) mass is 258 g/mol. The highest BCUT2D eigenvalue weighted by molar-refractivity contribution is 5.88. The van der Waals surface area contributed by atoms with Crippen molar-refractivity contribution in [3.8, 4) is 17.6 Å². The lowest BCUT2D eigenvalue weighted by atomic mass is 10.1. The van der Waals surface area contributed by atoms with Crippen LogP contribution in [0.4, 0.5) is 0 Å². The zero-order valence-corrected chi connectivity index (χ0v) is 11.8. The van der Waals surface area contributed by atoms with E-state index in [9.17, 15) is 0 Å². The molecule has 19 heavy (non-hydrogen) atoms. The molecule has 4 heteroatoms. The fraction of sp³-hybridized carbons (Fsp3) is 0.400. The van der Waals surface area contributed by atoms with Crippen molar-refractivity contribution in [2.24, 2.45) is 7.05 Å². The number of nitrogens with zero attached hydrogens (tertiary/aromatic N) is 2. The van der Waals surface area contributed by atoms with E-state index < -0.39 is 0 Å². The van der Waals surface area contributed by atoms with Gasteiger partial charge in [0.25, 0.3) is 0 Å². The van der Waals surface area contributed by atoms with Crippen molar-refractivity contribution >= 4 is 10.9 Å². The van der Waals surface area contributed by atoms with Crippen LogP contribution in [0.15, 0.2) is 12.1 Å². The van der Waals surface area contributed by atoms with Gasteiger partial charge in [-0.25, -0.2) is 0 Å². The standard InChI is InChI=1S/C15H18N2O2/c1-10-11(6-5-7-16)12-8-14(18-3)15(19-4)9-13(12)17(10)2/h8-9H,5-6H2,1-4H3. The molecule has 1 heterocycles. The predicted molar refractivity (Wildman–Crippen MR) is 74.7 cm³/mol. The van der Waals surface area contributed by atoms with E-state index in [-0.39, 0.29) is 0 Å². The summed E-state index contributed by atoms with van der Waals surface area (Å²) in [6, 6.07) is 6.18.